The summed E-state index contributed by atoms with van der Waals surface area (Å²) >= 11 is 0. The number of nitrogens with one attached hydrogen (secondary N) is 1. The van der Waals surface area contributed by atoms with Gasteiger partial charge in [-0.15, -0.1) is 0 Å². The van der Waals surface area contributed by atoms with E-state index in [1.807, 2.05) is 18.6 Å². The van der Waals surface area contributed by atoms with E-state index >= 15 is 0 Å². The van der Waals surface area contributed by atoms with Gasteiger partial charge in [0.25, 0.3) is 0 Å². The minimum Gasteiger partial charge on any atom is -0.488 e. The number of hydrogen-bond acceptors (Lipinski definition) is 3. The molecule has 0 spiro atoms. The maximum atomic E-state index is 6.03. The van der Waals surface area contributed by atoms with Crippen LogP contribution < -0.4 is 10.1 Å². The van der Waals surface area contributed by atoms with Gasteiger partial charge in [-0.05, 0) is 31.0 Å². The number of imidazole rings is 1. The first-order chi connectivity index (χ1) is 9.90. The van der Waals surface area contributed by atoms with Crippen LogP contribution in [-0.4, -0.2) is 22.2 Å². The topological polar surface area (TPSA) is 39.1 Å². The second kappa shape index (κ2) is 4.94. The zero-order chi connectivity index (χ0) is 13.4. The van der Waals surface area contributed by atoms with Crippen LogP contribution in [0.3, 0.4) is 0 Å². The summed E-state index contributed by atoms with van der Waals surface area (Å²) in [7, 11) is 0. The van der Waals surface area contributed by atoms with Gasteiger partial charge in [-0.25, -0.2) is 4.98 Å². The molecule has 0 radical (unpaired) electrons. The lowest BCUT2D eigenvalue weighted by Gasteiger charge is -2.17. The van der Waals surface area contributed by atoms with E-state index < -0.39 is 0 Å². The Balaban J connectivity index is 1.50. The number of aromatic nitrogens is 2. The molecule has 1 saturated heterocycles. The molecule has 104 valence electrons. The van der Waals surface area contributed by atoms with Crippen molar-refractivity contribution in [2.45, 2.75) is 38.0 Å². The Labute approximate surface area is 118 Å². The predicted octanol–water partition coefficient (Wildman–Crippen LogP) is 2.31. The van der Waals surface area contributed by atoms with Crippen LogP contribution >= 0.6 is 0 Å². The van der Waals surface area contributed by atoms with E-state index in [-0.39, 0.29) is 6.10 Å². The molecule has 2 aromatic rings. The number of fused-ring (bicyclic) bond motifs is 1. The van der Waals surface area contributed by atoms with Crippen molar-refractivity contribution in [3.05, 3.63) is 48.0 Å². The first-order valence-corrected chi connectivity index (χ1v) is 7.38. The third-order valence-electron chi connectivity index (χ3n) is 4.28. The first kappa shape index (κ1) is 12.0. The summed E-state index contributed by atoms with van der Waals surface area (Å²) in [5, 5.41) is 3.54. The third-order valence-corrected chi connectivity index (χ3v) is 4.28. The average Bonchev–Trinajstić information content (AvgIpc) is 3.18. The summed E-state index contributed by atoms with van der Waals surface area (Å²) in [5.41, 5.74) is 2.61. The highest BCUT2D eigenvalue weighted by Crippen LogP contribution is 2.30. The van der Waals surface area contributed by atoms with Gasteiger partial charge in [0.2, 0.25) is 0 Å². The number of nitrogens with zero attached hydrogens (tertiary/aromatic N) is 2. The van der Waals surface area contributed by atoms with Crippen LogP contribution in [0.4, 0.5) is 0 Å². The van der Waals surface area contributed by atoms with Gasteiger partial charge in [0.05, 0.1) is 18.6 Å². The van der Waals surface area contributed by atoms with E-state index in [0.717, 1.165) is 25.3 Å². The van der Waals surface area contributed by atoms with Crippen molar-refractivity contribution in [2.24, 2.45) is 0 Å². The Morgan fingerprint density at radius 1 is 1.35 bits per heavy atom. The molecule has 20 heavy (non-hydrogen) atoms. The monoisotopic (exact) mass is 269 g/mol. The van der Waals surface area contributed by atoms with Crippen molar-refractivity contribution in [3.8, 4) is 5.75 Å². The molecule has 1 N–H and O–H groups in total. The van der Waals surface area contributed by atoms with Crippen molar-refractivity contribution in [1.29, 1.82) is 0 Å². The second-order valence-electron chi connectivity index (χ2n) is 5.67. The minimum atomic E-state index is 0.224. The van der Waals surface area contributed by atoms with E-state index in [4.69, 9.17) is 4.74 Å². The summed E-state index contributed by atoms with van der Waals surface area (Å²) in [6, 6.07) is 8.79. The maximum Gasteiger partial charge on any atom is 0.123 e. The van der Waals surface area contributed by atoms with Gasteiger partial charge in [0.15, 0.2) is 0 Å². The van der Waals surface area contributed by atoms with Gasteiger partial charge in [-0.3, -0.25) is 0 Å². The van der Waals surface area contributed by atoms with Crippen LogP contribution in [0, 0.1) is 0 Å². The summed E-state index contributed by atoms with van der Waals surface area (Å²) < 4.78 is 8.28. The van der Waals surface area contributed by atoms with E-state index in [1.54, 1.807) is 0 Å². The smallest absolute Gasteiger partial charge is 0.123 e. The number of ether oxygens (including phenoxy) is 1. The third kappa shape index (κ3) is 2.10. The lowest BCUT2D eigenvalue weighted by molar-refractivity contribution is 0.207. The van der Waals surface area contributed by atoms with Gasteiger partial charge in [0, 0.05) is 18.7 Å². The summed E-state index contributed by atoms with van der Waals surface area (Å²) in [5.74, 6) is 1.04. The number of rotatable bonds is 3. The Kier molecular flexibility index (Phi) is 2.96. The van der Waals surface area contributed by atoms with Gasteiger partial charge in [0.1, 0.15) is 11.9 Å². The lowest BCUT2D eigenvalue weighted by atomic mass is 10.1. The molecule has 2 aliphatic heterocycles. The maximum absolute atomic E-state index is 6.03. The first-order valence-electron chi connectivity index (χ1n) is 7.38. The molecule has 0 bridgehead atoms. The van der Waals surface area contributed by atoms with Gasteiger partial charge < -0.3 is 14.6 Å². The summed E-state index contributed by atoms with van der Waals surface area (Å²) in [4.78, 5) is 4.33. The van der Waals surface area contributed by atoms with Crippen molar-refractivity contribution in [2.75, 3.05) is 6.54 Å². The lowest BCUT2D eigenvalue weighted by Crippen LogP contribution is -2.24. The van der Waals surface area contributed by atoms with E-state index in [0.29, 0.717) is 6.04 Å². The van der Waals surface area contributed by atoms with Crippen molar-refractivity contribution in [3.63, 3.8) is 0 Å². The molecule has 3 heterocycles. The highest BCUT2D eigenvalue weighted by molar-refractivity contribution is 5.37. The zero-order valence-corrected chi connectivity index (χ0v) is 11.5. The number of benzene rings is 1. The Hall–Kier alpha value is -1.81. The fourth-order valence-electron chi connectivity index (χ4n) is 3.29. The molecule has 0 saturated carbocycles. The SMILES string of the molecule is c1ccc2c(c1)CC(Cn1cncc1C1CCCN1)O2. The van der Waals surface area contributed by atoms with Crippen LogP contribution in [0.1, 0.15) is 30.1 Å². The molecule has 2 unspecified atom stereocenters. The molecule has 4 nitrogen and oxygen atoms in total. The Morgan fingerprint density at radius 3 is 3.15 bits per heavy atom. The van der Waals surface area contributed by atoms with E-state index in [2.05, 4.69) is 33.1 Å². The number of hydrogen-bond donors (Lipinski definition) is 1. The Morgan fingerprint density at radius 2 is 2.30 bits per heavy atom. The molecule has 4 heteroatoms. The molecule has 1 aromatic carbocycles. The fraction of sp³-hybridized carbons (Fsp3) is 0.438. The molecule has 4 rings (SSSR count). The van der Waals surface area contributed by atoms with Crippen LogP contribution in [-0.2, 0) is 13.0 Å². The van der Waals surface area contributed by atoms with Gasteiger partial charge in [-0.2, -0.15) is 0 Å². The molecule has 0 amide bonds. The van der Waals surface area contributed by atoms with Crippen molar-refractivity contribution >= 4 is 0 Å². The Bertz CT molecular complexity index is 576. The largest absolute Gasteiger partial charge is 0.488 e. The predicted molar refractivity (Wildman–Crippen MR) is 76.8 cm³/mol. The molecule has 2 atom stereocenters. The van der Waals surface area contributed by atoms with E-state index in [9.17, 15) is 0 Å². The van der Waals surface area contributed by atoms with Crippen LogP contribution in [0.15, 0.2) is 36.8 Å². The highest BCUT2D eigenvalue weighted by Gasteiger charge is 2.25. The molecular weight excluding hydrogens is 250 g/mol. The van der Waals surface area contributed by atoms with Crippen molar-refractivity contribution in [1.82, 2.24) is 14.9 Å². The average molecular weight is 269 g/mol. The molecule has 1 aromatic heterocycles. The van der Waals surface area contributed by atoms with Crippen LogP contribution in [0.2, 0.25) is 0 Å². The second-order valence-corrected chi connectivity index (χ2v) is 5.67. The van der Waals surface area contributed by atoms with E-state index in [1.165, 1.54) is 24.1 Å². The summed E-state index contributed by atoms with van der Waals surface area (Å²) in [6.07, 6.45) is 7.60. The molecule has 2 aliphatic rings. The highest BCUT2D eigenvalue weighted by atomic mass is 16.5. The quantitative estimate of drug-likeness (QED) is 0.929. The van der Waals surface area contributed by atoms with Gasteiger partial charge in [-0.1, -0.05) is 18.2 Å². The van der Waals surface area contributed by atoms with Crippen LogP contribution in [0.25, 0.3) is 0 Å². The summed E-state index contributed by atoms with van der Waals surface area (Å²) in [6.45, 7) is 1.99. The zero-order valence-electron chi connectivity index (χ0n) is 11.5. The van der Waals surface area contributed by atoms with Gasteiger partial charge >= 0.3 is 0 Å². The van der Waals surface area contributed by atoms with Crippen molar-refractivity contribution < 1.29 is 4.74 Å². The number of para-hydroxylation sites is 1. The molecule has 0 aliphatic carbocycles. The standard InChI is InChI=1S/C16H19N3O/c1-2-6-16-12(4-1)8-13(20-16)10-19-11-17-9-15(19)14-5-3-7-18-14/h1-2,4,6,9,11,13-14,18H,3,5,7-8,10H2. The normalized spacial score (nSPS) is 24.6. The van der Waals surface area contributed by atoms with Crippen LogP contribution in [0.5, 0.6) is 5.75 Å². The molecule has 1 fully saturated rings. The minimum absolute atomic E-state index is 0.224. The molecular formula is C16H19N3O. The fourth-order valence-corrected chi connectivity index (χ4v) is 3.29.